The molecule has 3 nitrogen and oxygen atoms in total. The lowest BCUT2D eigenvalue weighted by atomic mass is 10.0. The summed E-state index contributed by atoms with van der Waals surface area (Å²) in [6.45, 7) is 5.05. The maximum atomic E-state index is 6.37. The fourth-order valence-corrected chi connectivity index (χ4v) is 3.39. The average molecular weight is 409 g/mol. The van der Waals surface area contributed by atoms with Gasteiger partial charge in [0.1, 0.15) is 5.75 Å². The van der Waals surface area contributed by atoms with E-state index in [-0.39, 0.29) is 0 Å². The van der Waals surface area contributed by atoms with E-state index in [0.29, 0.717) is 23.2 Å². The molecule has 0 fully saturated rings. The van der Waals surface area contributed by atoms with Gasteiger partial charge in [-0.05, 0) is 48.6 Å². The minimum absolute atomic E-state index is 0.588. The molecule has 1 aromatic heterocycles. The number of halogens is 1. The Morgan fingerprint density at radius 2 is 1.48 bits per heavy atom. The predicted molar refractivity (Wildman–Crippen MR) is 122 cm³/mol. The van der Waals surface area contributed by atoms with E-state index < -0.39 is 0 Å². The highest BCUT2D eigenvalue weighted by Crippen LogP contribution is 2.29. The molecule has 0 bridgehead atoms. The van der Waals surface area contributed by atoms with Gasteiger partial charge in [0.25, 0.3) is 0 Å². The summed E-state index contributed by atoms with van der Waals surface area (Å²) in [6.07, 6.45) is 10.8. The summed E-state index contributed by atoms with van der Waals surface area (Å²) in [7, 11) is 0. The normalized spacial score (nSPS) is 10.9. The van der Waals surface area contributed by atoms with Gasteiger partial charge >= 0.3 is 0 Å². The number of hydrogen-bond acceptors (Lipinski definition) is 3. The van der Waals surface area contributed by atoms with Crippen molar-refractivity contribution in [3.8, 4) is 28.3 Å². The van der Waals surface area contributed by atoms with Crippen molar-refractivity contribution >= 4 is 11.6 Å². The first kappa shape index (κ1) is 21.3. The zero-order chi connectivity index (χ0) is 20.5. The minimum Gasteiger partial charge on any atom is -0.492 e. The van der Waals surface area contributed by atoms with Gasteiger partial charge in [-0.2, -0.15) is 0 Å². The molecule has 0 N–H and O–H groups in total. The monoisotopic (exact) mass is 408 g/mol. The number of aryl methyl sites for hydroxylation is 1. The Bertz CT molecular complexity index is 892. The molecule has 0 atom stereocenters. The number of aromatic nitrogens is 2. The van der Waals surface area contributed by atoms with Crippen LogP contribution in [0.25, 0.3) is 22.5 Å². The molecule has 0 aliphatic heterocycles. The highest BCUT2D eigenvalue weighted by Gasteiger charge is 2.08. The lowest BCUT2D eigenvalue weighted by molar-refractivity contribution is 0.309. The Morgan fingerprint density at radius 3 is 2.14 bits per heavy atom. The summed E-state index contributed by atoms with van der Waals surface area (Å²) in [4.78, 5) is 9.09. The average Bonchev–Trinajstić information content (AvgIpc) is 2.76. The smallest absolute Gasteiger partial charge is 0.159 e. The molecular formula is C25H29ClN2O. The Hall–Kier alpha value is -2.39. The predicted octanol–water partition coefficient (Wildman–Crippen LogP) is 7.38. The lowest BCUT2D eigenvalue weighted by Crippen LogP contribution is -1.97. The zero-order valence-corrected chi connectivity index (χ0v) is 18.1. The Kier molecular flexibility index (Phi) is 8.06. The molecule has 29 heavy (non-hydrogen) atoms. The second kappa shape index (κ2) is 11.0. The molecule has 4 heteroatoms. The molecule has 0 spiro atoms. The molecule has 3 aromatic rings. The minimum atomic E-state index is 0.588. The van der Waals surface area contributed by atoms with Gasteiger partial charge in [0.05, 0.1) is 11.6 Å². The fraction of sp³-hybridized carbons (Fsp3) is 0.360. The third-order valence-corrected chi connectivity index (χ3v) is 5.25. The van der Waals surface area contributed by atoms with Crippen molar-refractivity contribution in [2.24, 2.45) is 0 Å². The van der Waals surface area contributed by atoms with Gasteiger partial charge < -0.3 is 4.74 Å². The van der Waals surface area contributed by atoms with Crippen molar-refractivity contribution in [2.45, 2.75) is 52.4 Å². The van der Waals surface area contributed by atoms with Crippen LogP contribution in [0.5, 0.6) is 5.75 Å². The van der Waals surface area contributed by atoms with Crippen molar-refractivity contribution in [1.29, 1.82) is 0 Å². The molecule has 2 aromatic carbocycles. The van der Waals surface area contributed by atoms with Crippen LogP contribution in [0.2, 0.25) is 5.02 Å². The Labute approximate surface area is 179 Å². The van der Waals surface area contributed by atoms with E-state index in [0.717, 1.165) is 36.0 Å². The van der Waals surface area contributed by atoms with E-state index in [1.54, 1.807) is 0 Å². The molecule has 0 unspecified atom stereocenters. The van der Waals surface area contributed by atoms with Crippen LogP contribution in [0.3, 0.4) is 0 Å². The highest BCUT2D eigenvalue weighted by molar-refractivity contribution is 6.32. The molecule has 3 rings (SSSR count). The number of hydrogen-bond donors (Lipinski definition) is 0. The van der Waals surface area contributed by atoms with Crippen LogP contribution < -0.4 is 4.74 Å². The molecule has 0 aliphatic carbocycles. The van der Waals surface area contributed by atoms with Crippen LogP contribution in [-0.4, -0.2) is 16.6 Å². The Balaban J connectivity index is 1.67. The van der Waals surface area contributed by atoms with Gasteiger partial charge in [0, 0.05) is 23.5 Å². The molecule has 152 valence electrons. The largest absolute Gasteiger partial charge is 0.492 e. The van der Waals surface area contributed by atoms with Gasteiger partial charge in [0.15, 0.2) is 5.82 Å². The Morgan fingerprint density at radius 1 is 0.793 bits per heavy atom. The summed E-state index contributed by atoms with van der Waals surface area (Å²) in [5.41, 5.74) is 4.42. The summed E-state index contributed by atoms with van der Waals surface area (Å²) in [5, 5.41) is 0.588. The van der Waals surface area contributed by atoms with Crippen molar-refractivity contribution in [1.82, 2.24) is 9.97 Å². The van der Waals surface area contributed by atoms with Gasteiger partial charge in [-0.3, -0.25) is 0 Å². The molecule has 0 amide bonds. The van der Waals surface area contributed by atoms with Gasteiger partial charge in [0.2, 0.25) is 0 Å². The van der Waals surface area contributed by atoms with Crippen molar-refractivity contribution in [3.05, 3.63) is 65.4 Å². The van der Waals surface area contributed by atoms with Gasteiger partial charge in [-0.25, -0.2) is 9.97 Å². The third-order valence-electron chi connectivity index (χ3n) is 4.95. The van der Waals surface area contributed by atoms with Crippen LogP contribution in [0, 0.1) is 0 Å². The molecule has 1 heterocycles. The number of unbranched alkanes of at least 4 members (excludes halogenated alkanes) is 3. The molecule has 0 radical (unpaired) electrons. The number of rotatable bonds is 10. The van der Waals surface area contributed by atoms with E-state index in [1.165, 1.54) is 24.8 Å². The first-order valence-corrected chi connectivity index (χ1v) is 10.9. The van der Waals surface area contributed by atoms with Crippen LogP contribution >= 0.6 is 11.6 Å². The van der Waals surface area contributed by atoms with E-state index in [2.05, 4.69) is 48.1 Å². The summed E-state index contributed by atoms with van der Waals surface area (Å²) in [5.74, 6) is 1.37. The first-order valence-electron chi connectivity index (χ1n) is 10.5. The summed E-state index contributed by atoms with van der Waals surface area (Å²) < 4.78 is 5.71. The number of nitrogens with zero attached hydrogens (tertiary/aromatic N) is 2. The zero-order valence-electron chi connectivity index (χ0n) is 17.3. The summed E-state index contributed by atoms with van der Waals surface area (Å²) in [6, 6.07) is 14.4. The van der Waals surface area contributed by atoms with Crippen molar-refractivity contribution < 1.29 is 4.74 Å². The number of benzene rings is 2. The van der Waals surface area contributed by atoms with Crippen LogP contribution in [-0.2, 0) is 6.42 Å². The van der Waals surface area contributed by atoms with Gasteiger partial charge in [-0.1, -0.05) is 69.0 Å². The van der Waals surface area contributed by atoms with Crippen molar-refractivity contribution in [2.75, 3.05) is 6.61 Å². The molecular weight excluding hydrogens is 380 g/mol. The lowest BCUT2D eigenvalue weighted by Gasteiger charge is -2.09. The third kappa shape index (κ3) is 6.04. The van der Waals surface area contributed by atoms with Crippen LogP contribution in [0.4, 0.5) is 0 Å². The van der Waals surface area contributed by atoms with Crippen molar-refractivity contribution in [3.63, 3.8) is 0 Å². The standard InChI is InChI=1S/C25H29ClN2O/c1-3-5-7-8-19-9-11-20(12-10-19)22-17-27-25(28-18-22)21-13-14-24(23(26)16-21)29-15-6-4-2/h9-14,16-18H,3-8,15H2,1-2H3. The number of ether oxygens (including phenoxy) is 1. The second-order valence-electron chi connectivity index (χ2n) is 7.30. The molecule has 0 aliphatic rings. The molecule has 0 saturated heterocycles. The maximum absolute atomic E-state index is 6.37. The first-order chi connectivity index (χ1) is 14.2. The maximum Gasteiger partial charge on any atom is 0.159 e. The van der Waals surface area contributed by atoms with Gasteiger partial charge in [-0.15, -0.1) is 0 Å². The van der Waals surface area contributed by atoms with Crippen LogP contribution in [0.1, 0.15) is 51.5 Å². The van der Waals surface area contributed by atoms with E-state index in [4.69, 9.17) is 16.3 Å². The summed E-state index contributed by atoms with van der Waals surface area (Å²) >= 11 is 6.37. The quantitative estimate of drug-likeness (QED) is 0.328. The topological polar surface area (TPSA) is 35.0 Å². The van der Waals surface area contributed by atoms with E-state index >= 15 is 0 Å². The fourth-order valence-electron chi connectivity index (χ4n) is 3.15. The van der Waals surface area contributed by atoms with E-state index in [9.17, 15) is 0 Å². The molecule has 0 saturated carbocycles. The second-order valence-corrected chi connectivity index (χ2v) is 7.70. The highest BCUT2D eigenvalue weighted by atomic mass is 35.5. The SMILES string of the molecule is CCCCCc1ccc(-c2cnc(-c3ccc(OCCCC)c(Cl)c3)nc2)cc1. The van der Waals surface area contributed by atoms with Crippen LogP contribution in [0.15, 0.2) is 54.9 Å². The van der Waals surface area contributed by atoms with E-state index in [1.807, 2.05) is 30.6 Å².